The van der Waals surface area contributed by atoms with E-state index in [2.05, 4.69) is 37.5 Å². The first kappa shape index (κ1) is 24.6. The average Bonchev–Trinajstić information content (AvgIpc) is 2.84. The fraction of sp³-hybridized carbons (Fsp3) is 0.258. The van der Waals surface area contributed by atoms with Gasteiger partial charge in [-0.05, 0) is 64.9 Å². The van der Waals surface area contributed by atoms with Gasteiger partial charge in [0.25, 0.3) is 0 Å². The molecule has 0 unspecified atom stereocenters. The maximum absolute atomic E-state index is 13.5. The zero-order valence-corrected chi connectivity index (χ0v) is 20.5. The van der Waals surface area contributed by atoms with Crippen LogP contribution in [0.4, 0.5) is 8.78 Å². The number of rotatable bonds is 8. The minimum atomic E-state index is -0.255. The highest BCUT2D eigenvalue weighted by atomic mass is 19.1. The van der Waals surface area contributed by atoms with Crippen LogP contribution in [0.3, 0.4) is 0 Å². The molecule has 1 heterocycles. The van der Waals surface area contributed by atoms with Crippen LogP contribution in [0.2, 0.25) is 0 Å². The van der Waals surface area contributed by atoms with E-state index in [0.717, 1.165) is 42.0 Å². The van der Waals surface area contributed by atoms with Crippen LogP contribution in [0.5, 0.6) is 11.5 Å². The molecule has 0 radical (unpaired) electrons. The number of nitrogens with zero attached hydrogens (tertiary/aromatic N) is 1. The fourth-order valence-corrected chi connectivity index (χ4v) is 4.21. The van der Waals surface area contributed by atoms with Crippen LogP contribution in [0.1, 0.15) is 56.2 Å². The number of benzene rings is 3. The molecule has 1 aromatic heterocycles. The van der Waals surface area contributed by atoms with Crippen molar-refractivity contribution in [1.29, 1.82) is 0 Å². The van der Waals surface area contributed by atoms with Crippen molar-refractivity contribution in [1.82, 2.24) is 0 Å². The highest BCUT2D eigenvalue weighted by molar-refractivity contribution is 5.34. The van der Waals surface area contributed by atoms with Crippen LogP contribution in [0.15, 0.2) is 97.3 Å². The smallest absolute Gasteiger partial charge is 0.172 e. The molecule has 0 aliphatic heterocycles. The van der Waals surface area contributed by atoms with Gasteiger partial charge in [-0.1, -0.05) is 57.2 Å². The van der Waals surface area contributed by atoms with Gasteiger partial charge in [0.15, 0.2) is 12.4 Å². The molecule has 0 saturated carbocycles. The van der Waals surface area contributed by atoms with Crippen molar-refractivity contribution in [2.75, 3.05) is 0 Å². The van der Waals surface area contributed by atoms with Gasteiger partial charge in [0.05, 0.1) is 0 Å². The summed E-state index contributed by atoms with van der Waals surface area (Å²) in [5.74, 6) is 1.18. The fourth-order valence-electron chi connectivity index (χ4n) is 4.21. The number of aromatic nitrogens is 1. The Morgan fingerprint density at radius 3 is 1.66 bits per heavy atom. The van der Waals surface area contributed by atoms with E-state index in [1.54, 1.807) is 0 Å². The lowest BCUT2D eigenvalue weighted by Crippen LogP contribution is -2.32. The zero-order valence-electron chi connectivity index (χ0n) is 20.5. The summed E-state index contributed by atoms with van der Waals surface area (Å²) < 4.78 is 35.0. The highest BCUT2D eigenvalue weighted by Gasteiger charge is 2.16. The third-order valence-corrected chi connectivity index (χ3v) is 6.27. The van der Waals surface area contributed by atoms with Gasteiger partial charge in [-0.15, -0.1) is 0 Å². The molecule has 4 aromatic rings. The van der Waals surface area contributed by atoms with Gasteiger partial charge >= 0.3 is 0 Å². The van der Waals surface area contributed by atoms with Gasteiger partial charge in [0.1, 0.15) is 29.7 Å². The van der Waals surface area contributed by atoms with Crippen molar-refractivity contribution in [2.45, 2.75) is 51.5 Å². The van der Waals surface area contributed by atoms with Crippen LogP contribution in [-0.4, -0.2) is 0 Å². The summed E-state index contributed by atoms with van der Waals surface area (Å²) in [6.45, 7) is 7.42. The van der Waals surface area contributed by atoms with Crippen LogP contribution in [0, 0.1) is 11.6 Å². The van der Waals surface area contributed by atoms with Crippen LogP contribution >= 0.6 is 0 Å². The number of hydrogen-bond acceptors (Lipinski definition) is 1. The number of aryl methyl sites for hydroxylation is 1. The Labute approximate surface area is 206 Å². The summed E-state index contributed by atoms with van der Waals surface area (Å²) >= 11 is 0. The summed E-state index contributed by atoms with van der Waals surface area (Å²) in [6.07, 6.45) is 5.81. The van der Waals surface area contributed by atoms with Gasteiger partial charge in [-0.3, -0.25) is 0 Å². The van der Waals surface area contributed by atoms with E-state index < -0.39 is 0 Å². The van der Waals surface area contributed by atoms with Crippen molar-refractivity contribution < 1.29 is 18.1 Å². The second-order valence-corrected chi connectivity index (χ2v) is 9.95. The lowest BCUT2D eigenvalue weighted by molar-refractivity contribution is -0.697. The standard InChI is InChI=1S/C31H32F2NO/c1-31(2,3)25-10-16-28(17-11-25)35-29-18-21-34(22-19-29)20-4-5-30(23-6-12-26(32)13-7-23)24-8-14-27(33)15-9-24/h6-19,21-22,30H,4-5,20H2,1-3H3/q+1. The molecule has 0 saturated heterocycles. The Morgan fingerprint density at radius 2 is 1.17 bits per heavy atom. The third-order valence-electron chi connectivity index (χ3n) is 6.27. The van der Waals surface area contributed by atoms with E-state index >= 15 is 0 Å². The van der Waals surface area contributed by atoms with Gasteiger partial charge in [-0.25, -0.2) is 13.3 Å². The summed E-state index contributed by atoms with van der Waals surface area (Å²) in [4.78, 5) is 0. The van der Waals surface area contributed by atoms with Crippen molar-refractivity contribution in [2.24, 2.45) is 0 Å². The van der Waals surface area contributed by atoms with E-state index in [0.29, 0.717) is 0 Å². The molecule has 4 rings (SSSR count). The molecule has 4 heteroatoms. The van der Waals surface area contributed by atoms with Crippen molar-refractivity contribution in [3.05, 3.63) is 126 Å². The Morgan fingerprint density at radius 1 is 0.686 bits per heavy atom. The molecule has 0 bridgehead atoms. The molecular weight excluding hydrogens is 440 g/mol. The Balaban J connectivity index is 1.37. The minimum Gasteiger partial charge on any atom is -0.457 e. The molecule has 180 valence electrons. The van der Waals surface area contributed by atoms with Gasteiger partial charge in [0.2, 0.25) is 0 Å². The Hall–Kier alpha value is -3.53. The van der Waals surface area contributed by atoms with Crippen LogP contribution in [-0.2, 0) is 12.0 Å². The second-order valence-electron chi connectivity index (χ2n) is 9.95. The van der Waals surface area contributed by atoms with Gasteiger partial charge < -0.3 is 4.74 Å². The minimum absolute atomic E-state index is 0.0791. The molecular formula is C31H32F2NO+. The Kier molecular flexibility index (Phi) is 7.60. The number of hydrogen-bond donors (Lipinski definition) is 0. The molecule has 0 spiro atoms. The van der Waals surface area contributed by atoms with Crippen LogP contribution < -0.4 is 9.30 Å². The number of pyridine rings is 1. The van der Waals surface area contributed by atoms with Gasteiger partial charge in [0, 0.05) is 24.5 Å². The normalized spacial score (nSPS) is 11.6. The monoisotopic (exact) mass is 472 g/mol. The highest BCUT2D eigenvalue weighted by Crippen LogP contribution is 2.30. The lowest BCUT2D eigenvalue weighted by Gasteiger charge is -2.19. The number of ether oxygens (including phenoxy) is 1. The molecule has 2 nitrogen and oxygen atoms in total. The Bertz CT molecular complexity index is 1160. The molecule has 0 atom stereocenters. The summed E-state index contributed by atoms with van der Waals surface area (Å²) in [5.41, 5.74) is 3.45. The average molecular weight is 473 g/mol. The SMILES string of the molecule is CC(C)(C)c1ccc(Oc2cc[n+](CCCC(c3ccc(F)cc3)c3ccc(F)cc3)cc2)cc1. The second kappa shape index (κ2) is 10.8. The molecule has 0 N–H and O–H groups in total. The van der Waals surface area contributed by atoms with E-state index in [1.165, 1.54) is 29.8 Å². The largest absolute Gasteiger partial charge is 0.457 e. The number of halogens is 2. The van der Waals surface area contributed by atoms with E-state index in [1.807, 2.05) is 60.9 Å². The van der Waals surface area contributed by atoms with E-state index in [9.17, 15) is 8.78 Å². The maximum Gasteiger partial charge on any atom is 0.172 e. The topological polar surface area (TPSA) is 13.1 Å². The molecule has 3 aromatic carbocycles. The van der Waals surface area contributed by atoms with Gasteiger partial charge in [-0.2, -0.15) is 0 Å². The predicted octanol–water partition coefficient (Wildman–Crippen LogP) is 7.95. The molecule has 0 aliphatic carbocycles. The summed E-state index contributed by atoms with van der Waals surface area (Å²) in [5, 5.41) is 0. The zero-order chi connectivity index (χ0) is 24.8. The predicted molar refractivity (Wildman–Crippen MR) is 136 cm³/mol. The van der Waals surface area contributed by atoms with Crippen molar-refractivity contribution in [3.8, 4) is 11.5 Å². The molecule has 35 heavy (non-hydrogen) atoms. The lowest BCUT2D eigenvalue weighted by atomic mass is 9.87. The van der Waals surface area contributed by atoms with E-state index in [4.69, 9.17) is 4.74 Å². The summed E-state index contributed by atoms with van der Waals surface area (Å²) in [7, 11) is 0. The van der Waals surface area contributed by atoms with Crippen LogP contribution in [0.25, 0.3) is 0 Å². The summed E-state index contributed by atoms with van der Waals surface area (Å²) in [6, 6.07) is 25.4. The first-order chi connectivity index (χ1) is 16.8. The molecule has 0 fully saturated rings. The van der Waals surface area contributed by atoms with Crippen molar-refractivity contribution >= 4 is 0 Å². The molecule has 0 amide bonds. The van der Waals surface area contributed by atoms with E-state index in [-0.39, 0.29) is 23.0 Å². The van der Waals surface area contributed by atoms with Crippen molar-refractivity contribution in [3.63, 3.8) is 0 Å². The maximum atomic E-state index is 13.5. The first-order valence-electron chi connectivity index (χ1n) is 12.1. The molecule has 0 aliphatic rings. The third kappa shape index (κ3) is 6.75. The first-order valence-corrected chi connectivity index (χ1v) is 12.1. The quantitative estimate of drug-likeness (QED) is 0.237.